The lowest BCUT2D eigenvalue weighted by atomic mass is 10.0. The van der Waals surface area contributed by atoms with Gasteiger partial charge in [0.1, 0.15) is 0 Å². The molecule has 0 aliphatic rings. The second-order valence-corrected chi connectivity index (χ2v) is 7.63. The number of Topliss-reactive ketones (excluding diaryl/α,β-unsaturated/α-hetero) is 1. The number of benzene rings is 3. The largest absolute Gasteiger partial charge is 0.322 e. The molecule has 0 aliphatic carbocycles. The van der Waals surface area contributed by atoms with E-state index in [-0.39, 0.29) is 11.7 Å². The topological polar surface area (TPSA) is 59.1 Å². The molecule has 0 radical (unpaired) electrons. The van der Waals surface area contributed by atoms with Gasteiger partial charge < -0.3 is 5.32 Å². The zero-order valence-corrected chi connectivity index (χ0v) is 17.5. The van der Waals surface area contributed by atoms with Crippen molar-refractivity contribution in [3.8, 4) is 11.3 Å². The molecule has 30 heavy (non-hydrogen) atoms. The fourth-order valence-electron chi connectivity index (χ4n) is 3.19. The lowest BCUT2D eigenvalue weighted by molar-refractivity contribution is 0.101. The second-order valence-electron chi connectivity index (χ2n) is 6.78. The van der Waals surface area contributed by atoms with Crippen molar-refractivity contribution in [2.75, 3.05) is 5.32 Å². The molecule has 1 amide bonds. The molecule has 4 aromatic rings. The van der Waals surface area contributed by atoms with Crippen molar-refractivity contribution in [2.45, 2.75) is 6.92 Å². The van der Waals surface area contributed by atoms with Crippen LogP contribution in [0.15, 0.2) is 72.8 Å². The molecule has 3 aromatic carbocycles. The molecule has 0 unspecified atom stereocenters. The van der Waals surface area contributed by atoms with Gasteiger partial charge in [0.2, 0.25) is 0 Å². The quantitative estimate of drug-likeness (QED) is 0.365. The number of hydrogen-bond donors (Lipinski definition) is 1. The van der Waals surface area contributed by atoms with Crippen molar-refractivity contribution in [1.29, 1.82) is 0 Å². The normalized spacial score (nSPS) is 10.8. The van der Waals surface area contributed by atoms with Crippen LogP contribution in [-0.4, -0.2) is 16.7 Å². The predicted molar refractivity (Wildman–Crippen MR) is 122 cm³/mol. The van der Waals surface area contributed by atoms with E-state index in [1.54, 1.807) is 48.5 Å². The fourth-order valence-corrected chi connectivity index (χ4v) is 3.69. The van der Waals surface area contributed by atoms with Crippen molar-refractivity contribution in [3.63, 3.8) is 0 Å². The molecule has 0 saturated heterocycles. The summed E-state index contributed by atoms with van der Waals surface area (Å²) in [6.07, 6.45) is 0. The number of carbonyl (C=O) groups excluding carboxylic acids is 2. The minimum absolute atomic E-state index is 0.0301. The van der Waals surface area contributed by atoms with Crippen LogP contribution in [0.25, 0.3) is 22.2 Å². The number of anilines is 1. The van der Waals surface area contributed by atoms with Crippen LogP contribution in [0.3, 0.4) is 0 Å². The Labute approximate surface area is 183 Å². The van der Waals surface area contributed by atoms with Gasteiger partial charge in [0.15, 0.2) is 5.78 Å². The number of nitrogens with zero attached hydrogens (tertiary/aromatic N) is 1. The lowest BCUT2D eigenvalue weighted by Crippen LogP contribution is -2.13. The number of fused-ring (bicyclic) bond motifs is 1. The van der Waals surface area contributed by atoms with Gasteiger partial charge in [-0.15, -0.1) is 0 Å². The third-order valence-electron chi connectivity index (χ3n) is 4.72. The van der Waals surface area contributed by atoms with E-state index in [4.69, 9.17) is 23.2 Å². The van der Waals surface area contributed by atoms with Crippen molar-refractivity contribution in [1.82, 2.24) is 4.98 Å². The second kappa shape index (κ2) is 8.27. The highest BCUT2D eigenvalue weighted by Gasteiger charge is 2.16. The number of nitrogens with one attached hydrogen (secondary N) is 1. The molecule has 0 atom stereocenters. The minimum Gasteiger partial charge on any atom is -0.322 e. The molecule has 0 bridgehead atoms. The molecular weight excluding hydrogens is 419 g/mol. The highest BCUT2D eigenvalue weighted by Crippen LogP contribution is 2.32. The van der Waals surface area contributed by atoms with E-state index in [1.165, 1.54) is 6.92 Å². The Bertz CT molecular complexity index is 1280. The van der Waals surface area contributed by atoms with E-state index < -0.39 is 0 Å². The van der Waals surface area contributed by atoms with Crippen LogP contribution in [-0.2, 0) is 0 Å². The van der Waals surface area contributed by atoms with Crippen molar-refractivity contribution >= 4 is 51.5 Å². The summed E-state index contributed by atoms with van der Waals surface area (Å²) in [5, 5.41) is 4.59. The summed E-state index contributed by atoms with van der Waals surface area (Å²) in [4.78, 5) is 29.2. The van der Waals surface area contributed by atoms with Gasteiger partial charge in [-0.25, -0.2) is 4.98 Å². The predicted octanol–water partition coefficient (Wildman–Crippen LogP) is 6.66. The Morgan fingerprint density at radius 2 is 1.63 bits per heavy atom. The zero-order chi connectivity index (χ0) is 21.3. The van der Waals surface area contributed by atoms with Gasteiger partial charge in [0, 0.05) is 27.2 Å². The van der Waals surface area contributed by atoms with Crippen molar-refractivity contribution < 1.29 is 9.59 Å². The number of pyridine rings is 1. The van der Waals surface area contributed by atoms with Gasteiger partial charge in [0.05, 0.1) is 21.8 Å². The minimum atomic E-state index is -0.282. The highest BCUT2D eigenvalue weighted by atomic mass is 35.5. The van der Waals surface area contributed by atoms with Crippen LogP contribution in [0, 0.1) is 0 Å². The maximum Gasteiger partial charge on any atom is 0.256 e. The fraction of sp³-hybridized carbons (Fsp3) is 0.0417. The summed E-state index contributed by atoms with van der Waals surface area (Å²) in [6.45, 7) is 1.50. The third kappa shape index (κ3) is 4.06. The molecule has 1 aromatic heterocycles. The standard InChI is InChI=1S/C24H16Cl2N2O2/c1-14(29)15-6-9-17(10-7-15)27-24(30)20-13-23(19-11-8-16(25)12-21(19)26)28-22-5-3-2-4-18(20)22/h2-13H,1H3,(H,27,30). The zero-order valence-electron chi connectivity index (χ0n) is 15.9. The van der Waals surface area contributed by atoms with Crippen LogP contribution >= 0.6 is 23.2 Å². The summed E-state index contributed by atoms with van der Waals surface area (Å²) in [5.74, 6) is -0.312. The molecule has 4 nitrogen and oxygen atoms in total. The van der Waals surface area contributed by atoms with Gasteiger partial charge in [-0.2, -0.15) is 0 Å². The van der Waals surface area contributed by atoms with E-state index in [0.29, 0.717) is 43.6 Å². The maximum atomic E-state index is 13.1. The molecule has 0 fully saturated rings. The molecule has 4 rings (SSSR count). The molecular formula is C24H16Cl2N2O2. The third-order valence-corrected chi connectivity index (χ3v) is 5.26. The van der Waals surface area contributed by atoms with E-state index in [1.807, 2.05) is 24.3 Å². The molecule has 148 valence electrons. The summed E-state index contributed by atoms with van der Waals surface area (Å²) >= 11 is 12.4. The van der Waals surface area contributed by atoms with Crippen LogP contribution in [0.4, 0.5) is 5.69 Å². The van der Waals surface area contributed by atoms with Crippen LogP contribution in [0.5, 0.6) is 0 Å². The van der Waals surface area contributed by atoms with E-state index in [2.05, 4.69) is 10.3 Å². The Kier molecular flexibility index (Phi) is 5.53. The average Bonchev–Trinajstić information content (AvgIpc) is 2.73. The van der Waals surface area contributed by atoms with E-state index >= 15 is 0 Å². The number of amides is 1. The summed E-state index contributed by atoms with van der Waals surface area (Å²) in [5.41, 5.74) is 3.59. The number of hydrogen-bond acceptors (Lipinski definition) is 3. The van der Waals surface area contributed by atoms with Gasteiger partial charge in [-0.3, -0.25) is 9.59 Å². The van der Waals surface area contributed by atoms with E-state index in [9.17, 15) is 9.59 Å². The summed E-state index contributed by atoms with van der Waals surface area (Å²) in [7, 11) is 0. The first-order valence-electron chi connectivity index (χ1n) is 9.20. The first-order valence-corrected chi connectivity index (χ1v) is 9.95. The molecule has 0 aliphatic heterocycles. The SMILES string of the molecule is CC(=O)c1ccc(NC(=O)c2cc(-c3ccc(Cl)cc3Cl)nc3ccccc23)cc1. The number of halogens is 2. The Morgan fingerprint density at radius 3 is 2.33 bits per heavy atom. The average molecular weight is 435 g/mol. The number of carbonyl (C=O) groups is 2. The van der Waals surface area contributed by atoms with Crippen molar-refractivity contribution in [2.24, 2.45) is 0 Å². The van der Waals surface area contributed by atoms with Crippen LogP contribution in [0.1, 0.15) is 27.6 Å². The molecule has 6 heteroatoms. The Balaban J connectivity index is 1.77. The lowest BCUT2D eigenvalue weighted by Gasteiger charge is -2.12. The molecule has 0 saturated carbocycles. The van der Waals surface area contributed by atoms with E-state index in [0.717, 1.165) is 5.39 Å². The number of para-hydroxylation sites is 1. The monoisotopic (exact) mass is 434 g/mol. The Hall–Kier alpha value is -3.21. The van der Waals surface area contributed by atoms with Gasteiger partial charge in [-0.1, -0.05) is 41.4 Å². The van der Waals surface area contributed by atoms with Crippen LogP contribution < -0.4 is 5.32 Å². The van der Waals surface area contributed by atoms with Crippen LogP contribution in [0.2, 0.25) is 10.0 Å². The smallest absolute Gasteiger partial charge is 0.256 e. The molecule has 1 N–H and O–H groups in total. The molecule has 1 heterocycles. The highest BCUT2D eigenvalue weighted by molar-refractivity contribution is 6.36. The first-order chi connectivity index (χ1) is 14.4. The van der Waals surface area contributed by atoms with Gasteiger partial charge in [0.25, 0.3) is 5.91 Å². The number of aromatic nitrogens is 1. The Morgan fingerprint density at radius 1 is 0.900 bits per heavy atom. The van der Waals surface area contributed by atoms with Gasteiger partial charge in [-0.05, 0) is 61.5 Å². The maximum absolute atomic E-state index is 13.1. The summed E-state index contributed by atoms with van der Waals surface area (Å²) < 4.78 is 0. The number of ketones is 1. The number of rotatable bonds is 4. The first kappa shape index (κ1) is 20.1. The van der Waals surface area contributed by atoms with Gasteiger partial charge >= 0.3 is 0 Å². The summed E-state index contributed by atoms with van der Waals surface area (Å²) in [6, 6.07) is 21.1. The van der Waals surface area contributed by atoms with Crippen molar-refractivity contribution in [3.05, 3.63) is 94.0 Å². The molecule has 0 spiro atoms.